The molecule has 0 spiro atoms. The zero-order valence-corrected chi connectivity index (χ0v) is 59.5. The Bertz CT molecular complexity index is 5530. The molecule has 496 valence electrons. The van der Waals surface area contributed by atoms with Gasteiger partial charge in [-0.05, 0) is 321 Å². The molecule has 0 bridgehead atoms. The molecule has 4 aliphatic rings. The molecule has 12 aromatic carbocycles. The number of phenols is 4. The van der Waals surface area contributed by atoms with E-state index in [1.54, 1.807) is 69.6 Å². The van der Waals surface area contributed by atoms with Crippen LogP contribution in [0.25, 0.3) is 136 Å². The Balaban J connectivity index is 0.757. The van der Waals surface area contributed by atoms with Crippen molar-refractivity contribution in [3.05, 3.63) is 399 Å². The number of phenolic OH excluding ortho intramolecular Hbond substituents is 4. The lowest BCUT2D eigenvalue weighted by atomic mass is 9.64. The molecular weight excluding hydrogens is 1360 g/mol. The fraction of sp³-hybridized carbons (Fsp3) is 0.0103. The van der Waals surface area contributed by atoms with Gasteiger partial charge in [-0.3, -0.25) is 0 Å². The molecule has 0 unspecified atom stereocenters. The van der Waals surface area contributed by atoms with Crippen LogP contribution in [0.1, 0.15) is 86.3 Å². The molecule has 8 heteroatoms. The van der Waals surface area contributed by atoms with Gasteiger partial charge in [0.05, 0.1) is 5.41 Å². The zero-order chi connectivity index (χ0) is 70.0. The molecular formula is C97H60O4S4. The molecule has 16 aromatic rings. The van der Waals surface area contributed by atoms with Crippen LogP contribution >= 0.6 is 45.3 Å². The third kappa shape index (κ3) is 10.6. The molecule has 0 aliphatic heterocycles. The van der Waals surface area contributed by atoms with Crippen molar-refractivity contribution >= 4 is 91.9 Å². The van der Waals surface area contributed by atoms with Gasteiger partial charge in [0.15, 0.2) is 0 Å². The summed E-state index contributed by atoms with van der Waals surface area (Å²) >= 11 is 6.82. The van der Waals surface area contributed by atoms with Gasteiger partial charge in [-0.15, -0.1) is 45.3 Å². The molecule has 0 saturated heterocycles. The first-order chi connectivity index (χ1) is 51.6. The van der Waals surface area contributed by atoms with Crippen molar-refractivity contribution in [2.75, 3.05) is 0 Å². The average Bonchev–Trinajstić information content (AvgIpc) is 1.72. The predicted molar refractivity (Wildman–Crippen MR) is 440 cm³/mol. The molecule has 4 aromatic heterocycles. The summed E-state index contributed by atoms with van der Waals surface area (Å²) in [5.74, 6) is 0.973. The van der Waals surface area contributed by atoms with Crippen molar-refractivity contribution in [1.82, 2.24) is 0 Å². The number of rotatable bonds is 12. The minimum absolute atomic E-state index is 0.243. The van der Waals surface area contributed by atoms with Crippen LogP contribution in [0.5, 0.6) is 23.0 Å². The highest BCUT2D eigenvalue weighted by molar-refractivity contribution is 7.11. The van der Waals surface area contributed by atoms with E-state index in [4.69, 9.17) is 0 Å². The van der Waals surface area contributed by atoms with Gasteiger partial charge in [0.25, 0.3) is 0 Å². The molecule has 0 amide bonds. The van der Waals surface area contributed by atoms with Crippen LogP contribution in [0.4, 0.5) is 0 Å². The SMILES string of the molecule is Oc1ccc2c(c1)/C(=C\c1cccs1)c1cc(-c3ccc(C(c4ccc(-c5ccc6c(c5)/C(=C/c5cccs5)c5cc(O)ccc5-6)cc4)(c4ccc(-c5ccc6c(c5)/C(=C/c5cccs5)c5cc(O)ccc5-6)cc4)c4ccc(-c5ccc6c(c5)/C(=C/c5cccs5)c5cc(O)ccc5-6)cc4)cc3)ccc1-2. The second-order valence-electron chi connectivity index (χ2n) is 27.3. The van der Waals surface area contributed by atoms with Crippen molar-refractivity contribution in [2.24, 2.45) is 0 Å². The van der Waals surface area contributed by atoms with Crippen molar-refractivity contribution in [3.63, 3.8) is 0 Å². The Hall–Kier alpha value is -12.4. The first-order valence-electron chi connectivity index (χ1n) is 35.0. The van der Waals surface area contributed by atoms with E-state index in [2.05, 4.69) is 264 Å². The maximum Gasteiger partial charge on any atom is 0.116 e. The summed E-state index contributed by atoms with van der Waals surface area (Å²) in [5, 5.41) is 51.9. The summed E-state index contributed by atoms with van der Waals surface area (Å²) in [6, 6.07) is 104. The lowest BCUT2D eigenvalue weighted by Crippen LogP contribution is -2.31. The van der Waals surface area contributed by atoms with Crippen LogP contribution in [0, 0.1) is 0 Å². The summed E-state index contributed by atoms with van der Waals surface area (Å²) < 4.78 is 0. The van der Waals surface area contributed by atoms with Crippen molar-refractivity contribution < 1.29 is 20.4 Å². The van der Waals surface area contributed by atoms with E-state index in [-0.39, 0.29) is 23.0 Å². The van der Waals surface area contributed by atoms with E-state index in [1.807, 2.05) is 48.5 Å². The minimum atomic E-state index is -0.902. The number of hydrogen-bond acceptors (Lipinski definition) is 8. The van der Waals surface area contributed by atoms with Gasteiger partial charge < -0.3 is 20.4 Å². The van der Waals surface area contributed by atoms with E-state index in [0.29, 0.717) is 0 Å². The second kappa shape index (κ2) is 24.9. The molecule has 20 rings (SSSR count). The quantitative estimate of drug-likeness (QED) is 0.0919. The van der Waals surface area contributed by atoms with E-state index in [9.17, 15) is 20.4 Å². The summed E-state index contributed by atoms with van der Waals surface area (Å²) in [6.45, 7) is 0. The van der Waals surface area contributed by atoms with Crippen LogP contribution in [0.3, 0.4) is 0 Å². The minimum Gasteiger partial charge on any atom is -0.508 e. The van der Waals surface area contributed by atoms with Gasteiger partial charge in [0, 0.05) is 19.5 Å². The number of thiophene rings is 4. The smallest absolute Gasteiger partial charge is 0.116 e. The van der Waals surface area contributed by atoms with Gasteiger partial charge in [-0.25, -0.2) is 0 Å². The summed E-state index contributed by atoms with van der Waals surface area (Å²) in [5.41, 5.74) is 34.1. The van der Waals surface area contributed by atoms with E-state index in [0.717, 1.165) is 198 Å². The largest absolute Gasteiger partial charge is 0.508 e. The Labute approximate surface area is 624 Å². The van der Waals surface area contributed by atoms with Crippen LogP contribution in [0.15, 0.2) is 313 Å². The monoisotopic (exact) mass is 1420 g/mol. The number of aromatic hydroxyl groups is 4. The Morgan fingerprint density at radius 2 is 0.381 bits per heavy atom. The van der Waals surface area contributed by atoms with E-state index in [1.165, 1.54) is 0 Å². The zero-order valence-electron chi connectivity index (χ0n) is 56.3. The highest BCUT2D eigenvalue weighted by atomic mass is 32.1. The van der Waals surface area contributed by atoms with Crippen molar-refractivity contribution in [3.8, 4) is 112 Å². The topological polar surface area (TPSA) is 80.9 Å². The highest BCUT2D eigenvalue weighted by Gasteiger charge is 2.40. The van der Waals surface area contributed by atoms with E-state index < -0.39 is 5.41 Å². The maximum atomic E-state index is 10.9. The number of benzene rings is 12. The number of fused-ring (bicyclic) bond motifs is 12. The average molecular weight is 1420 g/mol. The molecule has 0 atom stereocenters. The van der Waals surface area contributed by atoms with Gasteiger partial charge in [-0.1, -0.05) is 194 Å². The van der Waals surface area contributed by atoms with Crippen molar-refractivity contribution in [1.29, 1.82) is 0 Å². The van der Waals surface area contributed by atoms with Gasteiger partial charge in [-0.2, -0.15) is 0 Å². The van der Waals surface area contributed by atoms with Crippen LogP contribution in [-0.2, 0) is 5.41 Å². The molecule has 4 aliphatic carbocycles. The second-order valence-corrected chi connectivity index (χ2v) is 31.2. The first kappa shape index (κ1) is 62.4. The lowest BCUT2D eigenvalue weighted by Gasteiger charge is -2.37. The molecule has 105 heavy (non-hydrogen) atoms. The molecule has 0 radical (unpaired) electrons. The third-order valence-corrected chi connectivity index (χ3v) is 24.8. The lowest BCUT2D eigenvalue weighted by molar-refractivity contribution is 0.474. The van der Waals surface area contributed by atoms with Crippen molar-refractivity contribution in [2.45, 2.75) is 5.41 Å². The van der Waals surface area contributed by atoms with Crippen LogP contribution in [-0.4, -0.2) is 20.4 Å². The molecule has 4 heterocycles. The molecule has 4 nitrogen and oxygen atoms in total. The maximum absolute atomic E-state index is 10.9. The summed E-state index contributed by atoms with van der Waals surface area (Å²) in [4.78, 5) is 4.60. The van der Waals surface area contributed by atoms with Gasteiger partial charge in [0.2, 0.25) is 0 Å². The standard InChI is InChI=1S/C97H60O4S4/c98-69-29-37-81-77-33-17-61(45-85(77)93(89(81)49-69)53-73-5-1-41-102-73)57-9-21-65(22-10-57)97(66-23-11-58(12-24-66)62-18-34-78-82-38-30-70(99)50-90(82)94(86(78)46-62)54-74-6-2-42-103-74,67-25-13-59(14-26-67)63-19-35-79-83-39-31-71(100)51-91(83)95(87(79)47-63)55-75-7-3-43-104-75)68-27-15-60(16-28-68)64-20-36-80-84-40-32-72(101)52-92(84)96(88(80)48-64)56-76-8-4-44-105-76/h1-56,98-101H/b93-53-,94-54-,95-55-,96-56-. The fourth-order valence-electron chi connectivity index (χ4n) is 16.6. The van der Waals surface area contributed by atoms with Crippen LogP contribution < -0.4 is 0 Å². The van der Waals surface area contributed by atoms with Gasteiger partial charge >= 0.3 is 0 Å². The molecule has 0 fully saturated rings. The van der Waals surface area contributed by atoms with E-state index >= 15 is 0 Å². The Kier molecular flexibility index (Phi) is 14.8. The molecule has 0 saturated carbocycles. The Morgan fingerprint density at radius 1 is 0.190 bits per heavy atom. The first-order valence-corrected chi connectivity index (χ1v) is 38.5. The normalized spacial score (nSPS) is 14.3. The van der Waals surface area contributed by atoms with Gasteiger partial charge in [0.1, 0.15) is 23.0 Å². The summed E-state index contributed by atoms with van der Waals surface area (Å²) in [7, 11) is 0. The fourth-order valence-corrected chi connectivity index (χ4v) is 19.2. The summed E-state index contributed by atoms with van der Waals surface area (Å²) in [6.07, 6.45) is 9.01. The Morgan fingerprint density at radius 3 is 0.581 bits per heavy atom. The molecule has 4 N–H and O–H groups in total. The predicted octanol–water partition coefficient (Wildman–Crippen LogP) is 26.1. The number of hydrogen-bond donors (Lipinski definition) is 4. The van der Waals surface area contributed by atoms with Crippen LogP contribution in [0.2, 0.25) is 0 Å². The highest BCUT2D eigenvalue weighted by Crippen LogP contribution is 2.55. The third-order valence-electron chi connectivity index (χ3n) is 21.5.